The van der Waals surface area contributed by atoms with Crippen LogP contribution in [-0.4, -0.2) is 23.2 Å². The maximum absolute atomic E-state index is 10.6. The van der Waals surface area contributed by atoms with Gasteiger partial charge in [0.05, 0.1) is 11.3 Å². The molecular formula is C16H22N2O3. The van der Waals surface area contributed by atoms with Crippen LogP contribution in [0.3, 0.4) is 0 Å². The number of rotatable bonds is 2. The Morgan fingerprint density at radius 1 is 1.05 bits per heavy atom. The number of hydrogen-bond donors (Lipinski definition) is 4. The summed E-state index contributed by atoms with van der Waals surface area (Å²) in [5, 5.41) is 16.1. The highest BCUT2D eigenvalue weighted by molar-refractivity contribution is 5.97. The molecule has 2 aromatic rings. The minimum atomic E-state index is -0.685. The van der Waals surface area contributed by atoms with Gasteiger partial charge in [0.15, 0.2) is 5.75 Å². The molecule has 0 heterocycles. The van der Waals surface area contributed by atoms with E-state index in [2.05, 4.69) is 31.2 Å². The van der Waals surface area contributed by atoms with Crippen molar-refractivity contribution in [2.45, 2.75) is 13.3 Å². The molecule has 6 N–H and O–H groups in total. The number of carbonyl (C=O) groups excluding carboxylic acids is 1. The molecule has 0 spiro atoms. The average Bonchev–Trinajstić information content (AvgIpc) is 2.53. The molecule has 1 amide bonds. The highest BCUT2D eigenvalue weighted by Crippen LogP contribution is 2.23. The number of aromatic hydroxyl groups is 1. The molecule has 2 aromatic carbocycles. The topological polar surface area (TPSA) is 110 Å². The summed E-state index contributed by atoms with van der Waals surface area (Å²) in [4.78, 5) is 10.6. The first-order valence-electron chi connectivity index (χ1n) is 6.42. The smallest absolute Gasteiger partial charge is 0.252 e. The van der Waals surface area contributed by atoms with Gasteiger partial charge in [-0.05, 0) is 24.1 Å². The van der Waals surface area contributed by atoms with E-state index in [1.54, 1.807) is 6.07 Å². The summed E-state index contributed by atoms with van der Waals surface area (Å²) in [6.07, 6.45) is 1.14. The number of hydrogen-bond acceptors (Lipinski definition) is 4. The lowest BCUT2D eigenvalue weighted by Crippen LogP contribution is -2.11. The fourth-order valence-corrected chi connectivity index (χ4v) is 1.47. The summed E-state index contributed by atoms with van der Waals surface area (Å²) < 4.78 is 0. The van der Waals surface area contributed by atoms with Gasteiger partial charge in [0, 0.05) is 7.11 Å². The highest BCUT2D eigenvalue weighted by Gasteiger charge is 2.07. The molecule has 0 saturated heterocycles. The van der Waals surface area contributed by atoms with Crippen molar-refractivity contribution in [1.82, 2.24) is 0 Å². The molecule has 0 radical (unpaired) electrons. The van der Waals surface area contributed by atoms with Crippen molar-refractivity contribution in [3.05, 3.63) is 59.7 Å². The molecule has 114 valence electrons. The van der Waals surface area contributed by atoms with E-state index in [0.29, 0.717) is 0 Å². The Morgan fingerprint density at radius 2 is 1.62 bits per heavy atom. The summed E-state index contributed by atoms with van der Waals surface area (Å²) in [6, 6.07) is 14.9. The Morgan fingerprint density at radius 3 is 2.00 bits per heavy atom. The van der Waals surface area contributed by atoms with Gasteiger partial charge >= 0.3 is 0 Å². The van der Waals surface area contributed by atoms with Crippen LogP contribution < -0.4 is 11.5 Å². The zero-order chi connectivity index (χ0) is 16.3. The van der Waals surface area contributed by atoms with E-state index in [0.717, 1.165) is 13.5 Å². The van der Waals surface area contributed by atoms with Crippen molar-refractivity contribution in [3.8, 4) is 5.75 Å². The molecule has 0 aliphatic rings. The molecule has 0 aromatic heterocycles. The van der Waals surface area contributed by atoms with Gasteiger partial charge in [-0.1, -0.05) is 43.3 Å². The van der Waals surface area contributed by atoms with Crippen LogP contribution in [-0.2, 0) is 6.42 Å². The lowest BCUT2D eigenvalue weighted by atomic mass is 10.1. The number of nitrogen functional groups attached to an aromatic ring is 1. The van der Waals surface area contributed by atoms with Crippen LogP contribution >= 0.6 is 0 Å². The van der Waals surface area contributed by atoms with Crippen molar-refractivity contribution in [2.75, 3.05) is 12.8 Å². The summed E-state index contributed by atoms with van der Waals surface area (Å²) in [5.41, 5.74) is 11.8. The first-order chi connectivity index (χ1) is 10.1. The van der Waals surface area contributed by atoms with Crippen LogP contribution in [0.5, 0.6) is 5.75 Å². The normalized spacial score (nSPS) is 8.71. The maximum atomic E-state index is 10.6. The predicted molar refractivity (Wildman–Crippen MR) is 85.0 cm³/mol. The van der Waals surface area contributed by atoms with E-state index in [4.69, 9.17) is 21.7 Å². The van der Waals surface area contributed by atoms with Gasteiger partial charge in [-0.15, -0.1) is 0 Å². The largest absolute Gasteiger partial charge is 0.505 e. The Labute approximate surface area is 124 Å². The molecule has 2 rings (SSSR count). The molecule has 21 heavy (non-hydrogen) atoms. The predicted octanol–water partition coefficient (Wildman–Crippen LogP) is 1.93. The standard InChI is InChI=1S/C8H10.C7H8N2O2.CH4O/c1-2-8-6-4-3-5-7-8;8-5-3-1-2-4(6(5)10)7(9)11;1-2/h3-7H,2H2,1H3;1-3,10H,8H2,(H2,9,11);2H,1H3. The van der Waals surface area contributed by atoms with Crippen LogP contribution in [0.1, 0.15) is 22.8 Å². The third-order valence-electron chi connectivity index (χ3n) is 2.58. The van der Waals surface area contributed by atoms with Gasteiger partial charge in [0.1, 0.15) is 0 Å². The number of benzene rings is 2. The van der Waals surface area contributed by atoms with Gasteiger partial charge in [-0.2, -0.15) is 0 Å². The molecule has 0 aliphatic carbocycles. The third-order valence-corrected chi connectivity index (χ3v) is 2.58. The molecule has 5 nitrogen and oxygen atoms in total. The Balaban J connectivity index is 0.000000354. The number of aliphatic hydroxyl groups is 1. The second-order valence-corrected chi connectivity index (χ2v) is 3.95. The first kappa shape index (κ1) is 18.5. The van der Waals surface area contributed by atoms with Crippen molar-refractivity contribution < 1.29 is 15.0 Å². The van der Waals surface area contributed by atoms with E-state index < -0.39 is 5.91 Å². The number of aryl methyl sites for hydroxylation is 1. The number of phenols is 1. The molecular weight excluding hydrogens is 268 g/mol. The lowest BCUT2D eigenvalue weighted by molar-refractivity contribution is 0.0998. The van der Waals surface area contributed by atoms with Crippen LogP contribution in [0, 0.1) is 0 Å². The Hall–Kier alpha value is -2.53. The fraction of sp³-hybridized carbons (Fsp3) is 0.188. The van der Waals surface area contributed by atoms with Crippen molar-refractivity contribution >= 4 is 11.6 Å². The van der Waals surface area contributed by atoms with E-state index in [1.807, 2.05) is 6.07 Å². The minimum Gasteiger partial charge on any atom is -0.505 e. The number of anilines is 1. The van der Waals surface area contributed by atoms with Crippen molar-refractivity contribution in [2.24, 2.45) is 5.73 Å². The summed E-state index contributed by atoms with van der Waals surface area (Å²) in [6.45, 7) is 2.16. The van der Waals surface area contributed by atoms with Gasteiger partial charge in [0.25, 0.3) is 5.91 Å². The average molecular weight is 290 g/mol. The minimum absolute atomic E-state index is 0.0463. The molecule has 0 bridgehead atoms. The van der Waals surface area contributed by atoms with Crippen molar-refractivity contribution in [3.63, 3.8) is 0 Å². The van der Waals surface area contributed by atoms with Crippen LogP contribution in [0.4, 0.5) is 5.69 Å². The van der Waals surface area contributed by atoms with E-state index in [9.17, 15) is 4.79 Å². The zero-order valence-corrected chi connectivity index (χ0v) is 12.3. The Kier molecular flexibility index (Phi) is 9.04. The van der Waals surface area contributed by atoms with Crippen LogP contribution in [0.2, 0.25) is 0 Å². The quantitative estimate of drug-likeness (QED) is 0.500. The van der Waals surface area contributed by atoms with Gasteiger partial charge in [-0.3, -0.25) is 4.79 Å². The Bertz CT molecular complexity index is 542. The number of carbonyl (C=O) groups is 1. The fourth-order valence-electron chi connectivity index (χ4n) is 1.47. The third kappa shape index (κ3) is 6.44. The summed E-state index contributed by atoms with van der Waals surface area (Å²) in [7, 11) is 1.00. The second kappa shape index (κ2) is 10.3. The number of aliphatic hydroxyl groups excluding tert-OH is 1. The maximum Gasteiger partial charge on any atom is 0.252 e. The molecule has 0 fully saturated rings. The molecule has 5 heteroatoms. The van der Waals surface area contributed by atoms with Gasteiger partial charge < -0.3 is 21.7 Å². The number of amides is 1. The SMILES string of the molecule is CCc1ccccc1.CO.NC(=O)c1cccc(N)c1O. The van der Waals surface area contributed by atoms with E-state index in [1.165, 1.54) is 17.7 Å². The molecule has 0 aliphatic heterocycles. The second-order valence-electron chi connectivity index (χ2n) is 3.95. The molecule has 0 unspecified atom stereocenters. The first-order valence-corrected chi connectivity index (χ1v) is 6.42. The van der Waals surface area contributed by atoms with E-state index in [-0.39, 0.29) is 17.0 Å². The molecule has 0 saturated carbocycles. The van der Waals surface area contributed by atoms with Gasteiger partial charge in [-0.25, -0.2) is 0 Å². The number of para-hydroxylation sites is 1. The monoisotopic (exact) mass is 290 g/mol. The van der Waals surface area contributed by atoms with Crippen molar-refractivity contribution in [1.29, 1.82) is 0 Å². The van der Waals surface area contributed by atoms with Crippen LogP contribution in [0.25, 0.3) is 0 Å². The molecule has 0 atom stereocenters. The van der Waals surface area contributed by atoms with Gasteiger partial charge in [0.2, 0.25) is 0 Å². The highest BCUT2D eigenvalue weighted by atomic mass is 16.3. The van der Waals surface area contributed by atoms with Crippen LogP contribution in [0.15, 0.2) is 48.5 Å². The lowest BCUT2D eigenvalue weighted by Gasteiger charge is -2.01. The summed E-state index contributed by atoms with van der Waals surface area (Å²) >= 11 is 0. The zero-order valence-electron chi connectivity index (χ0n) is 12.3. The number of nitrogens with two attached hydrogens (primary N) is 2. The van der Waals surface area contributed by atoms with E-state index >= 15 is 0 Å². The number of primary amides is 1. The summed E-state index contributed by atoms with van der Waals surface area (Å²) in [5.74, 6) is -0.935.